The molecule has 3 aliphatic heterocycles. The van der Waals surface area contributed by atoms with E-state index in [0.717, 1.165) is 24.8 Å². The Morgan fingerprint density at radius 2 is 2.12 bits per heavy atom. The number of guanidine groups is 2. The molecule has 10 nitrogen and oxygen atoms in total. The van der Waals surface area contributed by atoms with E-state index in [4.69, 9.17) is 16.6 Å². The molecule has 172 valence electrons. The van der Waals surface area contributed by atoms with Crippen molar-refractivity contribution in [1.82, 2.24) is 26.2 Å². The first-order valence-corrected chi connectivity index (χ1v) is 11.3. The van der Waals surface area contributed by atoms with Crippen molar-refractivity contribution in [3.8, 4) is 0 Å². The van der Waals surface area contributed by atoms with Gasteiger partial charge in [0.15, 0.2) is 17.6 Å². The van der Waals surface area contributed by atoms with Crippen LogP contribution in [0.3, 0.4) is 0 Å². The monoisotopic (exact) mass is 440 g/mol. The Labute approximate surface area is 187 Å². The molecule has 1 aliphatic carbocycles. The van der Waals surface area contributed by atoms with Crippen molar-refractivity contribution in [2.75, 3.05) is 13.1 Å². The summed E-state index contributed by atoms with van der Waals surface area (Å²) in [6, 6.07) is 4.53. The van der Waals surface area contributed by atoms with E-state index in [9.17, 15) is 9.90 Å². The zero-order valence-corrected chi connectivity index (χ0v) is 18.5. The molecule has 1 aromatic rings. The number of fused-ring (bicyclic) bond motifs is 1. The Bertz CT molecular complexity index is 994. The molecule has 10 heteroatoms. The predicted molar refractivity (Wildman–Crippen MR) is 121 cm³/mol. The molecular weight excluding hydrogens is 408 g/mol. The van der Waals surface area contributed by atoms with Crippen molar-refractivity contribution in [2.45, 2.75) is 68.4 Å². The van der Waals surface area contributed by atoms with E-state index in [1.165, 1.54) is 5.56 Å². The van der Waals surface area contributed by atoms with Gasteiger partial charge in [-0.05, 0) is 41.9 Å². The van der Waals surface area contributed by atoms with Crippen molar-refractivity contribution >= 4 is 17.8 Å². The largest absolute Gasteiger partial charge is 0.386 e. The molecule has 9 N–H and O–H groups in total. The average molecular weight is 441 g/mol. The third-order valence-electron chi connectivity index (χ3n) is 7.70. The van der Waals surface area contributed by atoms with E-state index in [1.807, 2.05) is 12.1 Å². The van der Waals surface area contributed by atoms with Crippen LogP contribution in [-0.4, -0.2) is 70.8 Å². The molecule has 3 fully saturated rings. The third kappa shape index (κ3) is 2.82. The summed E-state index contributed by atoms with van der Waals surface area (Å²) in [4.78, 5) is 15.1. The zero-order chi connectivity index (χ0) is 22.8. The SMILES string of the molecule is CC1(C)CCCc2c(C(=O)NC3CN4C(=N)N[C@@H](CN)[C@@H]5NC(=N)N[C@@]54[C@@H]3O)cccc21. The molecule has 3 heterocycles. The molecule has 0 saturated carbocycles. The summed E-state index contributed by atoms with van der Waals surface area (Å²) in [5.41, 5.74) is 7.77. The number of carbonyl (C=O) groups is 1. The minimum absolute atomic E-state index is 0.0291. The molecule has 32 heavy (non-hydrogen) atoms. The predicted octanol–water partition coefficient (Wildman–Crippen LogP) is -0.867. The van der Waals surface area contributed by atoms with Crippen molar-refractivity contribution in [3.63, 3.8) is 0 Å². The topological polar surface area (TPSA) is 162 Å². The van der Waals surface area contributed by atoms with Gasteiger partial charge in [-0.1, -0.05) is 26.0 Å². The summed E-state index contributed by atoms with van der Waals surface area (Å²) in [5, 5.41) is 40.1. The minimum Gasteiger partial charge on any atom is -0.386 e. The summed E-state index contributed by atoms with van der Waals surface area (Å²) in [7, 11) is 0. The van der Waals surface area contributed by atoms with Crippen LogP contribution in [0.25, 0.3) is 0 Å². The number of hydrogen-bond donors (Lipinski definition) is 8. The highest BCUT2D eigenvalue weighted by Gasteiger charge is 2.66. The lowest BCUT2D eigenvalue weighted by Gasteiger charge is -2.49. The molecule has 3 saturated heterocycles. The fraction of sp³-hybridized carbons (Fsp3) is 0.591. The molecule has 1 aromatic carbocycles. The number of benzene rings is 1. The van der Waals surface area contributed by atoms with Crippen LogP contribution < -0.4 is 27.0 Å². The second-order valence-corrected chi connectivity index (χ2v) is 9.99. The third-order valence-corrected chi connectivity index (χ3v) is 7.70. The van der Waals surface area contributed by atoms with E-state index in [1.54, 1.807) is 4.90 Å². The maximum Gasteiger partial charge on any atom is 0.251 e. The Kier molecular flexibility index (Phi) is 4.65. The maximum absolute atomic E-state index is 13.4. The Morgan fingerprint density at radius 3 is 2.88 bits per heavy atom. The Balaban J connectivity index is 1.44. The van der Waals surface area contributed by atoms with Crippen LogP contribution >= 0.6 is 0 Å². The molecule has 5 rings (SSSR count). The first kappa shape index (κ1) is 21.0. The number of nitrogens with zero attached hydrogens (tertiary/aromatic N) is 1. The van der Waals surface area contributed by atoms with Gasteiger partial charge in [0, 0.05) is 18.7 Å². The molecule has 0 radical (unpaired) electrons. The van der Waals surface area contributed by atoms with Crippen LogP contribution in [0.15, 0.2) is 18.2 Å². The highest BCUT2D eigenvalue weighted by atomic mass is 16.3. The van der Waals surface area contributed by atoms with Gasteiger partial charge in [-0.3, -0.25) is 15.6 Å². The van der Waals surface area contributed by atoms with Gasteiger partial charge >= 0.3 is 0 Å². The van der Waals surface area contributed by atoms with Gasteiger partial charge in [-0.15, -0.1) is 0 Å². The summed E-state index contributed by atoms with van der Waals surface area (Å²) in [6.45, 7) is 4.91. The van der Waals surface area contributed by atoms with Crippen molar-refractivity contribution in [1.29, 1.82) is 10.8 Å². The van der Waals surface area contributed by atoms with Gasteiger partial charge in [0.1, 0.15) is 6.10 Å². The molecule has 1 amide bonds. The first-order chi connectivity index (χ1) is 15.2. The van der Waals surface area contributed by atoms with E-state index in [2.05, 4.69) is 41.2 Å². The van der Waals surface area contributed by atoms with E-state index >= 15 is 0 Å². The molecule has 4 aliphatic rings. The van der Waals surface area contributed by atoms with Crippen molar-refractivity contribution in [2.24, 2.45) is 5.73 Å². The summed E-state index contributed by atoms with van der Waals surface area (Å²) in [5.74, 6) is -0.0250. The summed E-state index contributed by atoms with van der Waals surface area (Å²) in [6.07, 6.45) is 1.95. The summed E-state index contributed by atoms with van der Waals surface area (Å²) < 4.78 is 0. The number of aliphatic hydroxyl groups excluding tert-OH is 1. The number of rotatable bonds is 3. The highest BCUT2D eigenvalue weighted by molar-refractivity contribution is 5.97. The standard InChI is InChI=1S/C22H32N8O2/c1-21(2)8-4-6-11-12(5-3-7-13(11)21)18(32)26-15-10-30-20(25)27-14(9-23)16-22(30,17(15)31)29-19(24)28-16/h3,5,7,14-17,31H,4,6,8-10,23H2,1-2H3,(H2,25,27)(H,26,32)(H3,24,28,29)/t14-,15?,16-,17+,22-/m0/s1. The van der Waals surface area contributed by atoms with Crippen molar-refractivity contribution in [3.05, 3.63) is 34.9 Å². The van der Waals surface area contributed by atoms with Gasteiger partial charge in [0.05, 0.1) is 18.1 Å². The number of amides is 1. The summed E-state index contributed by atoms with van der Waals surface area (Å²) >= 11 is 0. The van der Waals surface area contributed by atoms with Crippen LogP contribution in [0.2, 0.25) is 0 Å². The normalized spacial score (nSPS) is 34.6. The van der Waals surface area contributed by atoms with Gasteiger partial charge in [0.2, 0.25) is 0 Å². The fourth-order valence-corrected chi connectivity index (χ4v) is 6.12. The molecule has 5 atom stereocenters. The number of nitrogens with one attached hydrogen (secondary N) is 6. The van der Waals surface area contributed by atoms with Crippen LogP contribution in [0.4, 0.5) is 0 Å². The zero-order valence-electron chi connectivity index (χ0n) is 18.5. The quantitative estimate of drug-likeness (QED) is 0.303. The molecule has 1 unspecified atom stereocenters. The van der Waals surface area contributed by atoms with Crippen LogP contribution in [0, 0.1) is 10.8 Å². The molecule has 0 bridgehead atoms. The van der Waals surface area contributed by atoms with E-state index < -0.39 is 23.9 Å². The lowest BCUT2D eigenvalue weighted by atomic mass is 9.71. The van der Waals surface area contributed by atoms with Crippen molar-refractivity contribution < 1.29 is 9.90 Å². The maximum atomic E-state index is 13.4. The van der Waals surface area contributed by atoms with Gasteiger partial charge in [0.25, 0.3) is 5.91 Å². The number of aliphatic hydroxyl groups is 1. The minimum atomic E-state index is -1.11. The molecule has 0 aromatic heterocycles. The molecule has 1 spiro atoms. The van der Waals surface area contributed by atoms with Crippen LogP contribution in [0.1, 0.15) is 48.2 Å². The highest BCUT2D eigenvalue weighted by Crippen LogP contribution is 2.39. The second-order valence-electron chi connectivity index (χ2n) is 9.99. The first-order valence-electron chi connectivity index (χ1n) is 11.3. The average Bonchev–Trinajstić information content (AvgIpc) is 3.24. The number of carbonyl (C=O) groups excluding carboxylic acids is 1. The molecular formula is C22H32N8O2. The lowest BCUT2D eigenvalue weighted by molar-refractivity contribution is 0.00693. The number of nitrogens with two attached hydrogens (primary N) is 1. The Hall–Kier alpha value is -2.85. The van der Waals surface area contributed by atoms with E-state index in [0.29, 0.717) is 5.56 Å². The van der Waals surface area contributed by atoms with Crippen LogP contribution in [0.5, 0.6) is 0 Å². The number of hydrogen-bond acceptors (Lipinski definition) is 5. The van der Waals surface area contributed by atoms with Gasteiger partial charge in [-0.2, -0.15) is 0 Å². The fourth-order valence-electron chi connectivity index (χ4n) is 6.12. The van der Waals surface area contributed by atoms with Gasteiger partial charge < -0.3 is 37.0 Å². The Morgan fingerprint density at radius 1 is 1.34 bits per heavy atom. The second kappa shape index (κ2) is 7.08. The van der Waals surface area contributed by atoms with E-state index in [-0.39, 0.29) is 42.4 Å². The van der Waals surface area contributed by atoms with Gasteiger partial charge in [-0.25, -0.2) is 0 Å². The lowest BCUT2D eigenvalue weighted by Crippen LogP contribution is -2.77. The van der Waals surface area contributed by atoms with Crippen LogP contribution in [-0.2, 0) is 11.8 Å². The smallest absolute Gasteiger partial charge is 0.251 e.